The Kier molecular flexibility index (Phi) is 5.48. The van der Waals surface area contributed by atoms with Crippen LogP contribution >= 0.6 is 34.9 Å². The first-order valence-corrected chi connectivity index (χ1v) is 8.80. The largest absolute Gasteiger partial charge is 0.310 e. The number of thiazole rings is 1. The molecule has 0 bridgehead atoms. The highest BCUT2D eigenvalue weighted by Gasteiger charge is 2.13. The molecule has 1 aromatic rings. The van der Waals surface area contributed by atoms with Crippen LogP contribution in [-0.4, -0.2) is 34.0 Å². The van der Waals surface area contributed by atoms with Crippen molar-refractivity contribution in [2.45, 2.75) is 25.1 Å². The molecular weight excluding hydrogens is 256 g/mol. The predicted molar refractivity (Wildman–Crippen MR) is 76.8 cm³/mol. The van der Waals surface area contributed by atoms with E-state index in [1.54, 1.807) is 11.3 Å². The number of nitrogens with zero attached hydrogens (tertiary/aromatic N) is 1. The Balaban J connectivity index is 1.66. The molecule has 1 fully saturated rings. The third kappa shape index (κ3) is 3.95. The summed E-state index contributed by atoms with van der Waals surface area (Å²) in [6, 6.07) is 0. The number of rotatable bonds is 5. The maximum absolute atomic E-state index is 4.56. The van der Waals surface area contributed by atoms with Crippen LogP contribution in [0.5, 0.6) is 0 Å². The number of thioether (sulfide) groups is 2. The van der Waals surface area contributed by atoms with Gasteiger partial charge in [0.15, 0.2) is 0 Å². The Labute approximate surface area is 110 Å². The SMILES string of the molecule is CCc1nc(CNCC2CSCCS2)cs1. The highest BCUT2D eigenvalue weighted by molar-refractivity contribution is 8.06. The van der Waals surface area contributed by atoms with E-state index in [-0.39, 0.29) is 0 Å². The molecule has 1 N–H and O–H groups in total. The van der Waals surface area contributed by atoms with Gasteiger partial charge in [-0.2, -0.15) is 23.5 Å². The fourth-order valence-electron chi connectivity index (χ4n) is 1.61. The van der Waals surface area contributed by atoms with Crippen molar-refractivity contribution in [3.8, 4) is 0 Å². The Morgan fingerprint density at radius 3 is 3.12 bits per heavy atom. The molecule has 0 amide bonds. The maximum atomic E-state index is 4.56. The van der Waals surface area contributed by atoms with Crippen LogP contribution in [-0.2, 0) is 13.0 Å². The molecule has 0 aliphatic carbocycles. The molecule has 2 rings (SSSR count). The van der Waals surface area contributed by atoms with E-state index in [1.165, 1.54) is 28.0 Å². The van der Waals surface area contributed by atoms with Crippen LogP contribution in [0.2, 0.25) is 0 Å². The highest BCUT2D eigenvalue weighted by Crippen LogP contribution is 2.23. The average molecular weight is 274 g/mol. The topological polar surface area (TPSA) is 24.9 Å². The first-order valence-electron chi connectivity index (χ1n) is 5.72. The van der Waals surface area contributed by atoms with Crippen LogP contribution in [0.3, 0.4) is 0 Å². The minimum Gasteiger partial charge on any atom is -0.310 e. The van der Waals surface area contributed by atoms with Gasteiger partial charge < -0.3 is 5.32 Å². The normalized spacial score (nSPS) is 21.2. The van der Waals surface area contributed by atoms with Crippen molar-refractivity contribution in [3.63, 3.8) is 0 Å². The molecule has 1 saturated heterocycles. The number of aryl methyl sites for hydroxylation is 1. The zero-order chi connectivity index (χ0) is 11.2. The molecule has 1 aliphatic heterocycles. The first-order chi connectivity index (χ1) is 7.88. The standard InChI is InChI=1S/C11H18N2S3/c1-2-11-13-9(7-16-11)5-12-6-10-8-14-3-4-15-10/h7,10,12H,2-6,8H2,1H3. The van der Waals surface area contributed by atoms with Gasteiger partial charge in [0.25, 0.3) is 0 Å². The van der Waals surface area contributed by atoms with Gasteiger partial charge in [-0.25, -0.2) is 4.98 Å². The minimum atomic E-state index is 0.794. The van der Waals surface area contributed by atoms with E-state index < -0.39 is 0 Å². The van der Waals surface area contributed by atoms with Crippen LogP contribution < -0.4 is 5.32 Å². The Hall–Kier alpha value is 0.290. The molecule has 2 heterocycles. The number of hydrogen-bond donors (Lipinski definition) is 1. The van der Waals surface area contributed by atoms with Gasteiger partial charge >= 0.3 is 0 Å². The lowest BCUT2D eigenvalue weighted by Gasteiger charge is -2.20. The van der Waals surface area contributed by atoms with E-state index in [0.29, 0.717) is 0 Å². The van der Waals surface area contributed by atoms with Gasteiger partial charge in [-0.15, -0.1) is 11.3 Å². The van der Waals surface area contributed by atoms with Crippen LogP contribution in [0.15, 0.2) is 5.38 Å². The summed E-state index contributed by atoms with van der Waals surface area (Å²) in [7, 11) is 0. The third-order valence-corrected chi connectivity index (χ3v) is 6.35. The van der Waals surface area contributed by atoms with E-state index in [2.05, 4.69) is 46.1 Å². The molecule has 0 spiro atoms. The zero-order valence-electron chi connectivity index (χ0n) is 9.57. The Morgan fingerprint density at radius 1 is 1.50 bits per heavy atom. The summed E-state index contributed by atoms with van der Waals surface area (Å²) in [5, 5.41) is 7.74. The summed E-state index contributed by atoms with van der Waals surface area (Å²) in [5.74, 6) is 3.94. The zero-order valence-corrected chi connectivity index (χ0v) is 12.0. The molecule has 1 aromatic heterocycles. The lowest BCUT2D eigenvalue weighted by Crippen LogP contribution is -2.28. The summed E-state index contributed by atoms with van der Waals surface area (Å²) in [6.07, 6.45) is 1.06. The molecule has 1 aliphatic rings. The minimum absolute atomic E-state index is 0.794. The van der Waals surface area contributed by atoms with Crippen molar-refractivity contribution in [1.29, 1.82) is 0 Å². The monoisotopic (exact) mass is 274 g/mol. The first kappa shape index (κ1) is 12.7. The van der Waals surface area contributed by atoms with Crippen molar-refractivity contribution >= 4 is 34.9 Å². The van der Waals surface area contributed by atoms with Crippen molar-refractivity contribution in [3.05, 3.63) is 16.1 Å². The average Bonchev–Trinajstić information content (AvgIpc) is 2.78. The van der Waals surface area contributed by atoms with Crippen LogP contribution in [0.4, 0.5) is 0 Å². The Bertz CT molecular complexity index is 308. The van der Waals surface area contributed by atoms with Gasteiger partial charge in [0.05, 0.1) is 10.7 Å². The second kappa shape index (κ2) is 6.89. The second-order valence-electron chi connectivity index (χ2n) is 3.78. The molecule has 1 atom stereocenters. The highest BCUT2D eigenvalue weighted by atomic mass is 32.2. The van der Waals surface area contributed by atoms with E-state index >= 15 is 0 Å². The molecule has 0 radical (unpaired) electrons. The molecule has 90 valence electrons. The quantitative estimate of drug-likeness (QED) is 0.892. The van der Waals surface area contributed by atoms with Crippen molar-refractivity contribution in [2.75, 3.05) is 23.8 Å². The van der Waals surface area contributed by atoms with Gasteiger partial charge in [-0.3, -0.25) is 0 Å². The van der Waals surface area contributed by atoms with Crippen LogP contribution in [0.1, 0.15) is 17.6 Å². The lowest BCUT2D eigenvalue weighted by molar-refractivity contribution is 0.675. The number of nitrogens with one attached hydrogen (secondary N) is 1. The Morgan fingerprint density at radius 2 is 2.44 bits per heavy atom. The van der Waals surface area contributed by atoms with Gasteiger partial charge in [0.1, 0.15) is 0 Å². The summed E-state index contributed by atoms with van der Waals surface area (Å²) in [6.45, 7) is 4.21. The smallest absolute Gasteiger partial charge is 0.0926 e. The molecule has 1 unspecified atom stereocenters. The summed E-state index contributed by atoms with van der Waals surface area (Å²) < 4.78 is 0. The molecule has 16 heavy (non-hydrogen) atoms. The van der Waals surface area contributed by atoms with Crippen LogP contribution in [0.25, 0.3) is 0 Å². The maximum Gasteiger partial charge on any atom is 0.0926 e. The fourth-order valence-corrected chi connectivity index (χ4v) is 5.00. The van der Waals surface area contributed by atoms with E-state index in [4.69, 9.17) is 0 Å². The number of aromatic nitrogens is 1. The van der Waals surface area contributed by atoms with E-state index in [0.717, 1.165) is 24.8 Å². The molecule has 2 nitrogen and oxygen atoms in total. The summed E-state index contributed by atoms with van der Waals surface area (Å²) >= 11 is 5.96. The van der Waals surface area contributed by atoms with Crippen molar-refractivity contribution in [1.82, 2.24) is 10.3 Å². The number of hydrogen-bond acceptors (Lipinski definition) is 5. The van der Waals surface area contributed by atoms with Crippen molar-refractivity contribution < 1.29 is 0 Å². The van der Waals surface area contributed by atoms with Gasteiger partial charge in [-0.1, -0.05) is 6.92 Å². The van der Waals surface area contributed by atoms with Gasteiger partial charge in [-0.05, 0) is 6.42 Å². The van der Waals surface area contributed by atoms with Crippen molar-refractivity contribution in [2.24, 2.45) is 0 Å². The third-order valence-electron chi connectivity index (χ3n) is 2.46. The summed E-state index contributed by atoms with van der Waals surface area (Å²) in [4.78, 5) is 4.56. The fraction of sp³-hybridized carbons (Fsp3) is 0.727. The van der Waals surface area contributed by atoms with Crippen LogP contribution in [0, 0.1) is 0 Å². The second-order valence-corrected chi connectivity index (χ2v) is 7.29. The van der Waals surface area contributed by atoms with E-state index in [1.807, 2.05) is 0 Å². The van der Waals surface area contributed by atoms with Gasteiger partial charge in [0.2, 0.25) is 0 Å². The van der Waals surface area contributed by atoms with E-state index in [9.17, 15) is 0 Å². The molecule has 0 saturated carbocycles. The molecule has 0 aromatic carbocycles. The molecular formula is C11H18N2S3. The predicted octanol–water partition coefficient (Wildman–Crippen LogP) is 2.64. The van der Waals surface area contributed by atoms with Gasteiger partial charge in [0, 0.05) is 41.0 Å². The lowest BCUT2D eigenvalue weighted by atomic mass is 10.4. The molecule has 5 heteroatoms. The summed E-state index contributed by atoms with van der Waals surface area (Å²) in [5.41, 5.74) is 1.20.